The van der Waals surface area contributed by atoms with E-state index in [-0.39, 0.29) is 0 Å². The molecule has 0 saturated heterocycles. The maximum absolute atomic E-state index is 6.02. The molecule has 5 heteroatoms. The molecule has 0 radical (unpaired) electrons. The highest BCUT2D eigenvalue weighted by Crippen LogP contribution is 2.27. The number of aromatic nitrogens is 2. The highest BCUT2D eigenvalue weighted by molar-refractivity contribution is 5.43. The van der Waals surface area contributed by atoms with Gasteiger partial charge in [0.25, 0.3) is 0 Å². The number of hydrogen-bond donors (Lipinski definition) is 1. The Hall–Kier alpha value is -1.36. The first-order chi connectivity index (χ1) is 9.63. The summed E-state index contributed by atoms with van der Waals surface area (Å²) in [5, 5.41) is 0. The zero-order valence-electron chi connectivity index (χ0n) is 12.8. The van der Waals surface area contributed by atoms with Crippen molar-refractivity contribution in [1.82, 2.24) is 9.97 Å². The van der Waals surface area contributed by atoms with Crippen molar-refractivity contribution in [3.63, 3.8) is 0 Å². The van der Waals surface area contributed by atoms with E-state index in [9.17, 15) is 0 Å². The lowest BCUT2D eigenvalue weighted by Gasteiger charge is -2.37. The number of methoxy groups -OCH3 is 1. The molecule has 0 spiro atoms. The van der Waals surface area contributed by atoms with Gasteiger partial charge in [0.05, 0.1) is 7.11 Å². The molecule has 0 atom stereocenters. The summed E-state index contributed by atoms with van der Waals surface area (Å²) in [5.41, 5.74) is 6.02. The van der Waals surface area contributed by atoms with Crippen molar-refractivity contribution in [1.29, 1.82) is 0 Å². The van der Waals surface area contributed by atoms with Crippen LogP contribution in [0.25, 0.3) is 0 Å². The summed E-state index contributed by atoms with van der Waals surface area (Å²) in [6.07, 6.45) is 5.60. The second-order valence-corrected chi connectivity index (χ2v) is 5.58. The van der Waals surface area contributed by atoms with E-state index in [1.807, 2.05) is 13.0 Å². The van der Waals surface area contributed by atoms with Gasteiger partial charge < -0.3 is 15.4 Å². The molecule has 1 aliphatic carbocycles. The summed E-state index contributed by atoms with van der Waals surface area (Å²) in [7, 11) is 1.65. The first kappa shape index (κ1) is 15.0. The molecule has 1 heterocycles. The minimum absolute atomic E-state index is 0.372. The van der Waals surface area contributed by atoms with Gasteiger partial charge in [-0.05, 0) is 39.0 Å². The lowest BCUT2D eigenvalue weighted by Crippen LogP contribution is -2.42. The van der Waals surface area contributed by atoms with Gasteiger partial charge >= 0.3 is 0 Å². The maximum Gasteiger partial charge on any atom is 0.218 e. The van der Waals surface area contributed by atoms with Gasteiger partial charge in [0.1, 0.15) is 11.6 Å². The highest BCUT2D eigenvalue weighted by atomic mass is 16.5. The molecule has 1 fully saturated rings. The predicted octanol–water partition coefficient (Wildman–Crippen LogP) is 2.28. The molecule has 20 heavy (non-hydrogen) atoms. The Morgan fingerprint density at radius 3 is 2.60 bits per heavy atom. The van der Waals surface area contributed by atoms with Crippen LogP contribution in [-0.2, 0) is 0 Å². The van der Waals surface area contributed by atoms with Gasteiger partial charge in [-0.25, -0.2) is 4.98 Å². The number of aryl methyl sites for hydroxylation is 1. The first-order valence-electron chi connectivity index (χ1n) is 7.56. The maximum atomic E-state index is 6.02. The van der Waals surface area contributed by atoms with Crippen LogP contribution in [-0.4, -0.2) is 35.7 Å². The SMILES string of the molecule is CCCN(c1cc(OC)nc(C)n1)C1CCC(N)CC1. The summed E-state index contributed by atoms with van der Waals surface area (Å²) < 4.78 is 5.27. The quantitative estimate of drug-likeness (QED) is 0.895. The second kappa shape index (κ2) is 6.88. The van der Waals surface area contributed by atoms with E-state index in [0.29, 0.717) is 18.0 Å². The number of anilines is 1. The Balaban J connectivity index is 2.21. The Morgan fingerprint density at radius 2 is 2.00 bits per heavy atom. The molecular weight excluding hydrogens is 252 g/mol. The monoisotopic (exact) mass is 278 g/mol. The molecule has 0 unspecified atom stereocenters. The van der Waals surface area contributed by atoms with Gasteiger partial charge in [-0.2, -0.15) is 4.98 Å². The molecule has 1 aromatic heterocycles. The molecular formula is C15H26N4O. The molecule has 0 amide bonds. The number of ether oxygens (including phenoxy) is 1. The van der Waals surface area contributed by atoms with Crippen LogP contribution in [0.1, 0.15) is 44.9 Å². The molecule has 2 N–H and O–H groups in total. The summed E-state index contributed by atoms with van der Waals surface area (Å²) in [6, 6.07) is 2.85. The fourth-order valence-corrected chi connectivity index (χ4v) is 2.92. The summed E-state index contributed by atoms with van der Waals surface area (Å²) >= 11 is 0. The van der Waals surface area contributed by atoms with Crippen LogP contribution in [0.5, 0.6) is 5.88 Å². The van der Waals surface area contributed by atoms with Crippen LogP contribution in [0.2, 0.25) is 0 Å². The van der Waals surface area contributed by atoms with Crippen LogP contribution in [0.3, 0.4) is 0 Å². The molecule has 1 aromatic rings. The van der Waals surface area contributed by atoms with Crippen molar-refractivity contribution in [3.8, 4) is 5.88 Å². The Kier molecular flexibility index (Phi) is 5.17. The average molecular weight is 278 g/mol. The van der Waals surface area contributed by atoms with E-state index in [0.717, 1.165) is 50.3 Å². The third kappa shape index (κ3) is 3.60. The van der Waals surface area contributed by atoms with Crippen molar-refractivity contribution in [3.05, 3.63) is 11.9 Å². The van der Waals surface area contributed by atoms with Gasteiger partial charge in [0.2, 0.25) is 5.88 Å². The molecule has 1 aliphatic rings. The molecule has 0 bridgehead atoms. The van der Waals surface area contributed by atoms with E-state index in [2.05, 4.69) is 21.8 Å². The van der Waals surface area contributed by atoms with Gasteiger partial charge in [-0.3, -0.25) is 0 Å². The smallest absolute Gasteiger partial charge is 0.218 e. The summed E-state index contributed by atoms with van der Waals surface area (Å²) in [4.78, 5) is 11.3. The van der Waals surface area contributed by atoms with E-state index in [1.54, 1.807) is 7.11 Å². The average Bonchev–Trinajstić information content (AvgIpc) is 2.45. The minimum Gasteiger partial charge on any atom is -0.481 e. The fraction of sp³-hybridized carbons (Fsp3) is 0.733. The molecule has 2 rings (SSSR count). The topological polar surface area (TPSA) is 64.3 Å². The first-order valence-corrected chi connectivity index (χ1v) is 7.56. The third-order valence-corrected chi connectivity index (χ3v) is 3.95. The predicted molar refractivity (Wildman–Crippen MR) is 81.2 cm³/mol. The molecule has 5 nitrogen and oxygen atoms in total. The number of nitrogens with zero attached hydrogens (tertiary/aromatic N) is 3. The highest BCUT2D eigenvalue weighted by Gasteiger charge is 2.25. The lowest BCUT2D eigenvalue weighted by molar-refractivity contribution is 0.371. The van der Waals surface area contributed by atoms with Crippen molar-refractivity contribution in [2.75, 3.05) is 18.6 Å². The number of nitrogens with two attached hydrogens (primary N) is 1. The van der Waals surface area contributed by atoms with Crippen LogP contribution in [0.4, 0.5) is 5.82 Å². The minimum atomic E-state index is 0.372. The second-order valence-electron chi connectivity index (χ2n) is 5.58. The fourth-order valence-electron chi connectivity index (χ4n) is 2.92. The zero-order chi connectivity index (χ0) is 14.5. The van der Waals surface area contributed by atoms with Crippen molar-refractivity contribution in [2.45, 2.75) is 58.0 Å². The third-order valence-electron chi connectivity index (χ3n) is 3.95. The van der Waals surface area contributed by atoms with Crippen molar-refractivity contribution < 1.29 is 4.74 Å². The summed E-state index contributed by atoms with van der Waals surface area (Å²) in [5.74, 6) is 2.38. The van der Waals surface area contributed by atoms with Gasteiger partial charge in [0.15, 0.2) is 0 Å². The van der Waals surface area contributed by atoms with Crippen molar-refractivity contribution in [2.24, 2.45) is 5.73 Å². The van der Waals surface area contributed by atoms with Crippen molar-refractivity contribution >= 4 is 5.82 Å². The molecule has 0 aromatic carbocycles. The van der Waals surface area contributed by atoms with Crippen LogP contribution in [0.15, 0.2) is 6.07 Å². The largest absolute Gasteiger partial charge is 0.481 e. The summed E-state index contributed by atoms with van der Waals surface area (Å²) in [6.45, 7) is 5.12. The van der Waals surface area contributed by atoms with Gasteiger partial charge in [0, 0.05) is 24.7 Å². The van der Waals surface area contributed by atoms with Crippen LogP contribution >= 0.6 is 0 Å². The van der Waals surface area contributed by atoms with Gasteiger partial charge in [-0.15, -0.1) is 0 Å². The molecule has 1 saturated carbocycles. The van der Waals surface area contributed by atoms with E-state index in [1.165, 1.54) is 0 Å². The van der Waals surface area contributed by atoms with E-state index in [4.69, 9.17) is 10.5 Å². The Labute approximate surface area is 121 Å². The van der Waals surface area contributed by atoms with Crippen LogP contribution < -0.4 is 15.4 Å². The Morgan fingerprint density at radius 1 is 1.30 bits per heavy atom. The Bertz CT molecular complexity index is 430. The standard InChI is InChI=1S/C15H26N4O/c1-4-9-19(13-7-5-12(16)6-8-13)14-10-15(20-3)18-11(2)17-14/h10,12-13H,4-9,16H2,1-3H3. The number of hydrogen-bond acceptors (Lipinski definition) is 5. The lowest BCUT2D eigenvalue weighted by atomic mass is 9.90. The normalized spacial score (nSPS) is 22.6. The molecule has 0 aliphatic heterocycles. The van der Waals surface area contributed by atoms with Gasteiger partial charge in [-0.1, -0.05) is 6.92 Å². The number of rotatable bonds is 5. The van der Waals surface area contributed by atoms with E-state index >= 15 is 0 Å². The van der Waals surface area contributed by atoms with Crippen LogP contribution in [0, 0.1) is 6.92 Å². The zero-order valence-corrected chi connectivity index (χ0v) is 12.8. The van der Waals surface area contributed by atoms with E-state index < -0.39 is 0 Å². The molecule has 112 valence electrons.